The van der Waals surface area contributed by atoms with Crippen molar-refractivity contribution in [3.8, 4) is 0 Å². The molecule has 2 aromatic rings. The van der Waals surface area contributed by atoms with Gasteiger partial charge in [-0.1, -0.05) is 12.5 Å². The second kappa shape index (κ2) is 6.79. The zero-order chi connectivity index (χ0) is 14.5. The average Bonchev–Trinajstić information content (AvgIpc) is 2.74. The van der Waals surface area contributed by atoms with Crippen LogP contribution in [0.3, 0.4) is 0 Å². The van der Waals surface area contributed by atoms with Crippen LogP contribution >= 0.6 is 11.8 Å². The van der Waals surface area contributed by atoms with E-state index in [0.29, 0.717) is 5.56 Å². The largest absolute Gasteiger partial charge is 0.478 e. The van der Waals surface area contributed by atoms with Crippen molar-refractivity contribution in [1.82, 2.24) is 9.55 Å². The normalized spacial score (nSPS) is 11.1. The average molecular weight is 292 g/mol. The molecule has 4 nitrogen and oxygen atoms in total. The number of aromatic carboxylic acids is 1. The lowest BCUT2D eigenvalue weighted by Crippen LogP contribution is -2.05. The minimum absolute atomic E-state index is 0.340. The van der Waals surface area contributed by atoms with Gasteiger partial charge in [-0.2, -0.15) is 11.8 Å². The summed E-state index contributed by atoms with van der Waals surface area (Å²) in [5.74, 6) is 1.18. The number of hydrogen-bond acceptors (Lipinski definition) is 3. The van der Waals surface area contributed by atoms with Gasteiger partial charge < -0.3 is 9.67 Å². The number of rotatable bonds is 7. The summed E-state index contributed by atoms with van der Waals surface area (Å²) in [6, 6.07) is 5.27. The minimum Gasteiger partial charge on any atom is -0.478 e. The summed E-state index contributed by atoms with van der Waals surface area (Å²) in [6.07, 6.45) is 5.54. The SMILES string of the molecule is CSCCCCCn1c(C)nc2cccc(C(=O)O)c21. The molecule has 0 aliphatic heterocycles. The van der Waals surface area contributed by atoms with E-state index in [1.165, 1.54) is 12.2 Å². The molecular formula is C15H20N2O2S. The predicted molar refractivity (Wildman–Crippen MR) is 83.7 cm³/mol. The fourth-order valence-electron chi connectivity index (χ4n) is 2.44. The molecule has 0 aliphatic carbocycles. The maximum absolute atomic E-state index is 11.3. The number of carbonyl (C=O) groups is 1. The third-order valence-electron chi connectivity index (χ3n) is 3.42. The molecular weight excluding hydrogens is 272 g/mol. The molecule has 0 aliphatic rings. The van der Waals surface area contributed by atoms with Crippen molar-refractivity contribution in [2.75, 3.05) is 12.0 Å². The van der Waals surface area contributed by atoms with Crippen molar-refractivity contribution in [2.24, 2.45) is 0 Å². The highest BCUT2D eigenvalue weighted by Gasteiger charge is 2.15. The molecule has 1 heterocycles. The molecule has 0 saturated carbocycles. The molecule has 2 rings (SSSR count). The van der Waals surface area contributed by atoms with Gasteiger partial charge in [0, 0.05) is 6.54 Å². The van der Waals surface area contributed by atoms with E-state index >= 15 is 0 Å². The van der Waals surface area contributed by atoms with Gasteiger partial charge >= 0.3 is 5.97 Å². The number of thioether (sulfide) groups is 1. The zero-order valence-corrected chi connectivity index (χ0v) is 12.7. The fourth-order valence-corrected chi connectivity index (χ4v) is 2.93. The van der Waals surface area contributed by atoms with E-state index in [0.717, 1.165) is 36.2 Å². The molecule has 1 N–H and O–H groups in total. The first kappa shape index (κ1) is 14.9. The molecule has 20 heavy (non-hydrogen) atoms. The number of aryl methyl sites for hydroxylation is 2. The van der Waals surface area contributed by atoms with Crippen LogP contribution in [-0.2, 0) is 6.54 Å². The molecule has 0 radical (unpaired) electrons. The number of carboxylic acids is 1. The summed E-state index contributed by atoms with van der Waals surface area (Å²) >= 11 is 1.86. The van der Waals surface area contributed by atoms with Gasteiger partial charge in [-0.15, -0.1) is 0 Å². The first-order chi connectivity index (χ1) is 9.65. The van der Waals surface area contributed by atoms with Crippen LogP contribution in [0.5, 0.6) is 0 Å². The molecule has 0 amide bonds. The molecule has 5 heteroatoms. The van der Waals surface area contributed by atoms with Gasteiger partial charge in [0.05, 0.1) is 16.6 Å². The van der Waals surface area contributed by atoms with E-state index in [-0.39, 0.29) is 0 Å². The van der Waals surface area contributed by atoms with Crippen molar-refractivity contribution in [1.29, 1.82) is 0 Å². The summed E-state index contributed by atoms with van der Waals surface area (Å²) in [6.45, 7) is 2.77. The molecule has 108 valence electrons. The molecule has 0 spiro atoms. The Kier molecular flexibility index (Phi) is 5.06. The van der Waals surface area contributed by atoms with E-state index < -0.39 is 5.97 Å². The maximum Gasteiger partial charge on any atom is 0.337 e. The molecule has 0 atom stereocenters. The highest BCUT2D eigenvalue weighted by molar-refractivity contribution is 7.98. The molecule has 0 bridgehead atoms. The summed E-state index contributed by atoms with van der Waals surface area (Å²) in [5.41, 5.74) is 1.86. The van der Waals surface area contributed by atoms with E-state index in [1.54, 1.807) is 12.1 Å². The number of nitrogens with zero attached hydrogens (tertiary/aromatic N) is 2. The van der Waals surface area contributed by atoms with Crippen LogP contribution < -0.4 is 0 Å². The quantitative estimate of drug-likeness (QED) is 0.793. The summed E-state index contributed by atoms with van der Waals surface area (Å²) in [4.78, 5) is 15.8. The van der Waals surface area contributed by atoms with Crippen LogP contribution in [0.1, 0.15) is 35.4 Å². The summed E-state index contributed by atoms with van der Waals surface area (Å²) < 4.78 is 2.04. The van der Waals surface area contributed by atoms with Crippen LogP contribution in [0.15, 0.2) is 18.2 Å². The van der Waals surface area contributed by atoms with Gasteiger partial charge in [-0.25, -0.2) is 9.78 Å². The lowest BCUT2D eigenvalue weighted by molar-refractivity contribution is 0.0698. The van der Waals surface area contributed by atoms with Crippen molar-refractivity contribution in [3.05, 3.63) is 29.6 Å². The molecule has 0 fully saturated rings. The molecule has 0 saturated heterocycles. The first-order valence-corrected chi connectivity index (χ1v) is 8.22. The van der Waals surface area contributed by atoms with Crippen molar-refractivity contribution >= 4 is 28.8 Å². The number of carboxylic acid groups (broad SMARTS) is 1. The van der Waals surface area contributed by atoms with Crippen molar-refractivity contribution in [2.45, 2.75) is 32.7 Å². The van der Waals surface area contributed by atoms with E-state index in [2.05, 4.69) is 11.2 Å². The molecule has 1 aromatic heterocycles. The number of imidazole rings is 1. The molecule has 0 unspecified atom stereocenters. The van der Waals surface area contributed by atoms with Gasteiger partial charge in [0.2, 0.25) is 0 Å². The monoisotopic (exact) mass is 292 g/mol. The number of hydrogen-bond donors (Lipinski definition) is 1. The lowest BCUT2D eigenvalue weighted by atomic mass is 10.1. The van der Waals surface area contributed by atoms with Gasteiger partial charge in [-0.05, 0) is 43.9 Å². The highest BCUT2D eigenvalue weighted by Crippen LogP contribution is 2.21. The fraction of sp³-hybridized carbons (Fsp3) is 0.467. The Hall–Kier alpha value is -1.49. The van der Waals surface area contributed by atoms with Gasteiger partial charge in [0.15, 0.2) is 0 Å². The second-order valence-corrected chi connectivity index (χ2v) is 5.83. The van der Waals surface area contributed by atoms with E-state index in [9.17, 15) is 9.90 Å². The summed E-state index contributed by atoms with van der Waals surface area (Å²) in [7, 11) is 0. The maximum atomic E-state index is 11.3. The number of para-hydroxylation sites is 1. The zero-order valence-electron chi connectivity index (χ0n) is 11.9. The third-order valence-corrected chi connectivity index (χ3v) is 4.12. The molecule has 1 aromatic carbocycles. The Morgan fingerprint density at radius 3 is 2.85 bits per heavy atom. The minimum atomic E-state index is -0.890. The van der Waals surface area contributed by atoms with Gasteiger partial charge in [-0.3, -0.25) is 0 Å². The van der Waals surface area contributed by atoms with Crippen LogP contribution in [0, 0.1) is 6.92 Å². The summed E-state index contributed by atoms with van der Waals surface area (Å²) in [5, 5.41) is 9.31. The number of unbranched alkanes of at least 4 members (excludes halogenated alkanes) is 2. The standard InChI is InChI=1S/C15H20N2O2S/c1-11-16-13-8-6-7-12(15(18)19)14(13)17(11)9-4-3-5-10-20-2/h6-8H,3-5,9-10H2,1-2H3,(H,18,19). The highest BCUT2D eigenvalue weighted by atomic mass is 32.2. The Morgan fingerprint density at radius 1 is 1.35 bits per heavy atom. The van der Waals surface area contributed by atoms with Crippen LogP contribution in [-0.4, -0.2) is 32.6 Å². The third kappa shape index (κ3) is 3.15. The van der Waals surface area contributed by atoms with E-state index in [4.69, 9.17) is 0 Å². The van der Waals surface area contributed by atoms with Crippen LogP contribution in [0.4, 0.5) is 0 Å². The van der Waals surface area contributed by atoms with Crippen LogP contribution in [0.25, 0.3) is 11.0 Å². The number of aromatic nitrogens is 2. The van der Waals surface area contributed by atoms with Gasteiger partial charge in [0.25, 0.3) is 0 Å². The Morgan fingerprint density at radius 2 is 2.15 bits per heavy atom. The Balaban J connectivity index is 2.23. The Labute approximate surface area is 123 Å². The topological polar surface area (TPSA) is 55.1 Å². The van der Waals surface area contributed by atoms with Crippen molar-refractivity contribution < 1.29 is 9.90 Å². The smallest absolute Gasteiger partial charge is 0.337 e. The van der Waals surface area contributed by atoms with E-state index in [1.807, 2.05) is 29.3 Å². The van der Waals surface area contributed by atoms with Crippen LogP contribution in [0.2, 0.25) is 0 Å². The Bertz CT molecular complexity index is 607. The number of fused-ring (bicyclic) bond motifs is 1. The number of benzene rings is 1. The first-order valence-electron chi connectivity index (χ1n) is 6.83. The van der Waals surface area contributed by atoms with Gasteiger partial charge in [0.1, 0.15) is 5.82 Å². The van der Waals surface area contributed by atoms with Crippen molar-refractivity contribution in [3.63, 3.8) is 0 Å². The second-order valence-electron chi connectivity index (χ2n) is 4.84. The lowest BCUT2D eigenvalue weighted by Gasteiger charge is -2.08. The predicted octanol–water partition coefficient (Wildman–Crippen LogP) is 3.58.